The summed E-state index contributed by atoms with van der Waals surface area (Å²) in [7, 11) is 0. The monoisotopic (exact) mass is 456 g/mol. The molecule has 2 fully saturated rings. The van der Waals surface area contributed by atoms with Gasteiger partial charge in [0, 0.05) is 6.61 Å². The molecular weight excluding hydrogens is 407 g/mol. The Morgan fingerprint density at radius 2 is 1.64 bits per heavy atom. The molecule has 0 saturated heterocycles. The molecule has 3 aliphatic rings. The Labute approximate surface area is 203 Å². The number of benzene rings is 1. The molecular formula is C31H49FO. The molecule has 0 spiro atoms. The van der Waals surface area contributed by atoms with Crippen LogP contribution in [0.2, 0.25) is 0 Å². The normalized spacial score (nSPS) is 29.5. The number of rotatable bonds is 11. The van der Waals surface area contributed by atoms with Crippen LogP contribution in [-0.2, 0) is 17.6 Å². The average molecular weight is 457 g/mol. The highest BCUT2D eigenvalue weighted by Gasteiger charge is 2.37. The van der Waals surface area contributed by atoms with E-state index in [9.17, 15) is 0 Å². The van der Waals surface area contributed by atoms with Crippen LogP contribution < -0.4 is 0 Å². The molecule has 5 unspecified atom stereocenters. The molecule has 0 radical (unpaired) electrons. The van der Waals surface area contributed by atoms with E-state index in [0.29, 0.717) is 17.9 Å². The Morgan fingerprint density at radius 1 is 0.848 bits per heavy atom. The van der Waals surface area contributed by atoms with Gasteiger partial charge in [-0.25, -0.2) is 4.39 Å². The molecule has 186 valence electrons. The fourth-order valence-corrected chi connectivity index (χ4v) is 7.16. The Kier molecular flexibility index (Phi) is 9.71. The fourth-order valence-electron chi connectivity index (χ4n) is 7.16. The number of unbranched alkanes of at least 4 members (excludes halogenated alkanes) is 5. The van der Waals surface area contributed by atoms with E-state index in [4.69, 9.17) is 4.74 Å². The third-order valence-corrected chi connectivity index (χ3v) is 9.23. The van der Waals surface area contributed by atoms with E-state index in [1.165, 1.54) is 107 Å². The largest absolute Gasteiger partial charge is 0.378 e. The molecule has 4 rings (SSSR count). The van der Waals surface area contributed by atoms with Gasteiger partial charge in [0.2, 0.25) is 0 Å². The SMILES string of the molecule is CCCCCCOC1CCC2CC(c3cc(F)c4c(c3)CCC(CCCCC)C4)CCC2C1. The minimum Gasteiger partial charge on any atom is -0.378 e. The summed E-state index contributed by atoms with van der Waals surface area (Å²) in [4.78, 5) is 0. The number of ether oxygens (including phenoxy) is 1. The van der Waals surface area contributed by atoms with Gasteiger partial charge in [-0.15, -0.1) is 0 Å². The first-order valence-electron chi connectivity index (χ1n) is 14.6. The van der Waals surface area contributed by atoms with Crippen LogP contribution in [0.25, 0.3) is 0 Å². The smallest absolute Gasteiger partial charge is 0.126 e. The standard InChI is InChI=1S/C31H49FO/c1-3-5-7-9-17-33-29-16-15-24-19-25(13-14-26(24)21-29)28-20-27-12-11-23(10-8-6-4-2)18-30(27)31(32)22-28/h20,22-26,29H,3-19,21H2,1-2H3. The summed E-state index contributed by atoms with van der Waals surface area (Å²) < 4.78 is 21.5. The minimum atomic E-state index is 0.102. The molecule has 0 bridgehead atoms. The van der Waals surface area contributed by atoms with E-state index in [0.717, 1.165) is 36.8 Å². The zero-order chi connectivity index (χ0) is 23.0. The van der Waals surface area contributed by atoms with E-state index in [1.54, 1.807) is 0 Å². The van der Waals surface area contributed by atoms with Gasteiger partial charge in [0.25, 0.3) is 0 Å². The van der Waals surface area contributed by atoms with E-state index in [1.807, 2.05) is 6.07 Å². The summed E-state index contributed by atoms with van der Waals surface area (Å²) in [5, 5.41) is 0. The highest BCUT2D eigenvalue weighted by atomic mass is 19.1. The lowest BCUT2D eigenvalue weighted by Gasteiger charge is -2.42. The van der Waals surface area contributed by atoms with Gasteiger partial charge in [-0.2, -0.15) is 0 Å². The maximum atomic E-state index is 15.2. The first kappa shape index (κ1) is 25.2. The molecule has 3 aliphatic carbocycles. The zero-order valence-corrected chi connectivity index (χ0v) is 21.6. The molecule has 1 aromatic carbocycles. The highest BCUT2D eigenvalue weighted by Crippen LogP contribution is 2.47. The van der Waals surface area contributed by atoms with Crippen molar-refractivity contribution in [3.63, 3.8) is 0 Å². The third-order valence-electron chi connectivity index (χ3n) is 9.23. The second-order valence-electron chi connectivity index (χ2n) is 11.6. The molecule has 0 N–H and O–H groups in total. The molecule has 1 nitrogen and oxygen atoms in total. The predicted octanol–water partition coefficient (Wildman–Crippen LogP) is 9.16. The van der Waals surface area contributed by atoms with Crippen LogP contribution >= 0.6 is 0 Å². The number of hydrogen-bond acceptors (Lipinski definition) is 1. The first-order chi connectivity index (χ1) is 16.2. The van der Waals surface area contributed by atoms with Crippen molar-refractivity contribution in [1.29, 1.82) is 0 Å². The Bertz CT molecular complexity index is 728. The van der Waals surface area contributed by atoms with E-state index in [2.05, 4.69) is 19.9 Å². The van der Waals surface area contributed by atoms with Crippen molar-refractivity contribution in [2.45, 2.75) is 135 Å². The van der Waals surface area contributed by atoms with Gasteiger partial charge in [-0.1, -0.05) is 64.9 Å². The van der Waals surface area contributed by atoms with Crippen LogP contribution in [0.15, 0.2) is 12.1 Å². The summed E-state index contributed by atoms with van der Waals surface area (Å²) in [6.45, 7) is 5.49. The van der Waals surface area contributed by atoms with E-state index in [-0.39, 0.29) is 5.82 Å². The van der Waals surface area contributed by atoms with Crippen LogP contribution in [0.5, 0.6) is 0 Å². The lowest BCUT2D eigenvalue weighted by atomic mass is 9.65. The molecule has 2 saturated carbocycles. The van der Waals surface area contributed by atoms with Crippen molar-refractivity contribution in [3.8, 4) is 0 Å². The first-order valence-corrected chi connectivity index (χ1v) is 14.6. The molecule has 33 heavy (non-hydrogen) atoms. The molecule has 1 aromatic rings. The van der Waals surface area contributed by atoms with E-state index >= 15 is 4.39 Å². The van der Waals surface area contributed by atoms with Crippen molar-refractivity contribution >= 4 is 0 Å². The summed E-state index contributed by atoms with van der Waals surface area (Å²) >= 11 is 0. The minimum absolute atomic E-state index is 0.102. The topological polar surface area (TPSA) is 9.23 Å². The summed E-state index contributed by atoms with van der Waals surface area (Å²) in [5.41, 5.74) is 3.69. The van der Waals surface area contributed by atoms with Crippen molar-refractivity contribution in [2.75, 3.05) is 6.61 Å². The van der Waals surface area contributed by atoms with Crippen LogP contribution in [0.3, 0.4) is 0 Å². The van der Waals surface area contributed by atoms with Crippen molar-refractivity contribution in [1.82, 2.24) is 0 Å². The second-order valence-corrected chi connectivity index (χ2v) is 11.6. The zero-order valence-electron chi connectivity index (χ0n) is 21.6. The third kappa shape index (κ3) is 6.83. The average Bonchev–Trinajstić information content (AvgIpc) is 2.84. The number of halogens is 1. The number of hydrogen-bond donors (Lipinski definition) is 0. The number of aryl methyl sites for hydroxylation is 1. The molecule has 0 amide bonds. The fraction of sp³-hybridized carbons (Fsp3) is 0.806. The number of fused-ring (bicyclic) bond motifs is 2. The van der Waals surface area contributed by atoms with Crippen LogP contribution in [0.4, 0.5) is 4.39 Å². The van der Waals surface area contributed by atoms with Crippen LogP contribution in [-0.4, -0.2) is 12.7 Å². The molecule has 0 aromatic heterocycles. The van der Waals surface area contributed by atoms with Gasteiger partial charge in [0.05, 0.1) is 6.10 Å². The van der Waals surface area contributed by atoms with Crippen molar-refractivity contribution in [3.05, 3.63) is 34.6 Å². The highest BCUT2D eigenvalue weighted by molar-refractivity contribution is 5.37. The summed E-state index contributed by atoms with van der Waals surface area (Å²) in [6.07, 6.45) is 21.8. The predicted molar refractivity (Wildman–Crippen MR) is 137 cm³/mol. The Hall–Kier alpha value is -0.890. The molecule has 2 heteroatoms. The van der Waals surface area contributed by atoms with Crippen molar-refractivity contribution in [2.24, 2.45) is 17.8 Å². The summed E-state index contributed by atoms with van der Waals surface area (Å²) in [6, 6.07) is 4.35. The lowest BCUT2D eigenvalue weighted by Crippen LogP contribution is -2.34. The molecule has 5 atom stereocenters. The van der Waals surface area contributed by atoms with Gasteiger partial charge in [0.1, 0.15) is 5.82 Å². The van der Waals surface area contributed by atoms with Crippen LogP contribution in [0.1, 0.15) is 133 Å². The quantitative estimate of drug-likeness (QED) is 0.302. The van der Waals surface area contributed by atoms with Gasteiger partial charge in [0.15, 0.2) is 0 Å². The van der Waals surface area contributed by atoms with E-state index < -0.39 is 0 Å². The maximum Gasteiger partial charge on any atom is 0.126 e. The molecule has 0 heterocycles. The van der Waals surface area contributed by atoms with Gasteiger partial charge in [-0.3, -0.25) is 0 Å². The Balaban J connectivity index is 1.28. The van der Waals surface area contributed by atoms with Gasteiger partial charge in [-0.05, 0) is 111 Å². The Morgan fingerprint density at radius 3 is 2.48 bits per heavy atom. The summed E-state index contributed by atoms with van der Waals surface area (Å²) in [5.74, 6) is 3.03. The maximum absolute atomic E-state index is 15.2. The lowest BCUT2D eigenvalue weighted by molar-refractivity contribution is -0.0163. The molecule has 0 aliphatic heterocycles. The van der Waals surface area contributed by atoms with Crippen molar-refractivity contribution < 1.29 is 9.13 Å². The van der Waals surface area contributed by atoms with Gasteiger partial charge >= 0.3 is 0 Å². The second kappa shape index (κ2) is 12.7. The van der Waals surface area contributed by atoms with Crippen LogP contribution in [0, 0.1) is 23.6 Å². The van der Waals surface area contributed by atoms with Gasteiger partial charge < -0.3 is 4.74 Å².